The summed E-state index contributed by atoms with van der Waals surface area (Å²) in [5, 5.41) is 0.651. The number of hydrogen-bond acceptors (Lipinski definition) is 3. The third-order valence-corrected chi connectivity index (χ3v) is 4.47. The molecule has 2 nitrogen and oxygen atoms in total. The number of Topliss-reactive ketones (excluding diaryl/α,β-unsaturated/α-hetero) is 1. The van der Waals surface area contributed by atoms with Crippen molar-refractivity contribution in [2.75, 3.05) is 6.61 Å². The molecule has 0 saturated heterocycles. The van der Waals surface area contributed by atoms with Crippen LogP contribution in [-0.2, 0) is 9.53 Å². The van der Waals surface area contributed by atoms with E-state index in [0.29, 0.717) is 10.8 Å². The second-order valence-electron chi connectivity index (χ2n) is 4.78. The standard InChI is InChI=1S/C17H13ClO2S/c1-11(19)10-20-15-8-12-4-2-3-5-16(12)21-17-7-6-13(18)9-14(15)17/h2-9H,10H2,1H3. The van der Waals surface area contributed by atoms with E-state index in [9.17, 15) is 4.79 Å². The summed E-state index contributed by atoms with van der Waals surface area (Å²) in [6.07, 6.45) is 1.97. The molecule has 1 aliphatic rings. The van der Waals surface area contributed by atoms with Crippen LogP contribution in [0, 0.1) is 0 Å². The van der Waals surface area contributed by atoms with Crippen molar-refractivity contribution in [2.45, 2.75) is 16.7 Å². The largest absolute Gasteiger partial charge is 0.485 e. The Hall–Kier alpha value is -1.71. The Kier molecular flexibility index (Phi) is 4.04. The average molecular weight is 317 g/mol. The molecular formula is C17H13ClO2S. The minimum atomic E-state index is -0.00957. The highest BCUT2D eigenvalue weighted by Crippen LogP contribution is 2.41. The summed E-state index contributed by atoms with van der Waals surface area (Å²) in [6.45, 7) is 1.57. The molecule has 0 atom stereocenters. The first-order valence-electron chi connectivity index (χ1n) is 6.54. The van der Waals surface area contributed by atoms with Crippen molar-refractivity contribution in [2.24, 2.45) is 0 Å². The Bertz CT molecular complexity index is 737. The monoisotopic (exact) mass is 316 g/mol. The van der Waals surface area contributed by atoms with Crippen LogP contribution >= 0.6 is 23.4 Å². The number of ketones is 1. The number of halogens is 1. The van der Waals surface area contributed by atoms with Crippen molar-refractivity contribution in [3.8, 4) is 0 Å². The zero-order chi connectivity index (χ0) is 14.8. The highest BCUT2D eigenvalue weighted by molar-refractivity contribution is 7.99. The van der Waals surface area contributed by atoms with Gasteiger partial charge in [0.1, 0.15) is 12.4 Å². The van der Waals surface area contributed by atoms with Crippen LogP contribution in [0.4, 0.5) is 0 Å². The van der Waals surface area contributed by atoms with Crippen LogP contribution in [0.2, 0.25) is 5.02 Å². The van der Waals surface area contributed by atoms with Crippen LogP contribution in [0.15, 0.2) is 52.3 Å². The fraction of sp³-hybridized carbons (Fsp3) is 0.118. The first-order chi connectivity index (χ1) is 10.1. The first kappa shape index (κ1) is 14.2. The lowest BCUT2D eigenvalue weighted by atomic mass is 10.1. The van der Waals surface area contributed by atoms with Crippen LogP contribution in [0.5, 0.6) is 0 Å². The van der Waals surface area contributed by atoms with Gasteiger partial charge in [-0.2, -0.15) is 0 Å². The molecule has 1 heterocycles. The van der Waals surface area contributed by atoms with E-state index < -0.39 is 0 Å². The lowest BCUT2D eigenvalue weighted by Crippen LogP contribution is -2.03. The zero-order valence-corrected chi connectivity index (χ0v) is 13.0. The molecule has 0 fully saturated rings. The summed E-state index contributed by atoms with van der Waals surface area (Å²) in [7, 11) is 0. The van der Waals surface area contributed by atoms with Crippen molar-refractivity contribution in [1.29, 1.82) is 0 Å². The molecule has 0 saturated carbocycles. The number of benzene rings is 2. The van der Waals surface area contributed by atoms with E-state index in [0.717, 1.165) is 20.9 Å². The van der Waals surface area contributed by atoms with Crippen LogP contribution in [0.3, 0.4) is 0 Å². The molecule has 0 N–H and O–H groups in total. The molecule has 0 aromatic heterocycles. The molecule has 0 bridgehead atoms. The Balaban J connectivity index is 2.11. The van der Waals surface area contributed by atoms with Gasteiger partial charge in [0.05, 0.1) is 0 Å². The number of hydrogen-bond donors (Lipinski definition) is 0. The molecule has 4 heteroatoms. The van der Waals surface area contributed by atoms with Gasteiger partial charge in [-0.3, -0.25) is 4.79 Å². The molecule has 2 aromatic carbocycles. The van der Waals surface area contributed by atoms with Gasteiger partial charge in [-0.05, 0) is 42.8 Å². The van der Waals surface area contributed by atoms with E-state index in [4.69, 9.17) is 16.3 Å². The number of ether oxygens (including phenoxy) is 1. The van der Waals surface area contributed by atoms with Crippen molar-refractivity contribution >= 4 is 41.0 Å². The van der Waals surface area contributed by atoms with Gasteiger partial charge in [0.15, 0.2) is 5.78 Å². The first-order valence-corrected chi connectivity index (χ1v) is 7.73. The van der Waals surface area contributed by atoms with Gasteiger partial charge in [-0.15, -0.1) is 0 Å². The molecule has 2 aromatic rings. The quantitative estimate of drug-likeness (QED) is 0.805. The lowest BCUT2D eigenvalue weighted by molar-refractivity contribution is -0.119. The van der Waals surface area contributed by atoms with E-state index in [1.165, 1.54) is 6.92 Å². The number of fused-ring (bicyclic) bond motifs is 2. The third-order valence-electron chi connectivity index (χ3n) is 3.06. The molecule has 0 unspecified atom stereocenters. The summed E-state index contributed by atoms with van der Waals surface area (Å²) in [5.41, 5.74) is 2.00. The number of carbonyl (C=O) groups excluding carboxylic acids is 1. The molecule has 1 aliphatic heterocycles. The van der Waals surface area contributed by atoms with Gasteiger partial charge in [-0.1, -0.05) is 41.6 Å². The van der Waals surface area contributed by atoms with Gasteiger partial charge in [0, 0.05) is 20.4 Å². The maximum absolute atomic E-state index is 11.2. The van der Waals surface area contributed by atoms with E-state index in [-0.39, 0.29) is 12.4 Å². The van der Waals surface area contributed by atoms with Crippen LogP contribution in [0.1, 0.15) is 18.1 Å². The highest BCUT2D eigenvalue weighted by Gasteiger charge is 2.17. The summed E-state index contributed by atoms with van der Waals surface area (Å²) in [5.74, 6) is 0.671. The molecule has 3 rings (SSSR count). The lowest BCUT2D eigenvalue weighted by Gasteiger charge is -2.11. The van der Waals surface area contributed by atoms with Gasteiger partial charge in [0.2, 0.25) is 0 Å². The SMILES string of the molecule is CC(=O)COC1=Cc2ccccc2Sc2ccc(Cl)cc21. The summed E-state index contributed by atoms with van der Waals surface area (Å²) >= 11 is 7.78. The topological polar surface area (TPSA) is 26.3 Å². The second-order valence-corrected chi connectivity index (χ2v) is 6.30. The van der Waals surface area contributed by atoms with Gasteiger partial charge in [-0.25, -0.2) is 0 Å². The van der Waals surface area contributed by atoms with E-state index >= 15 is 0 Å². The van der Waals surface area contributed by atoms with Crippen molar-refractivity contribution in [3.63, 3.8) is 0 Å². The predicted octanol–water partition coefficient (Wildman–Crippen LogP) is 4.91. The second kappa shape index (κ2) is 5.96. The molecule has 0 radical (unpaired) electrons. The van der Waals surface area contributed by atoms with E-state index in [2.05, 4.69) is 6.07 Å². The molecular weight excluding hydrogens is 304 g/mol. The highest BCUT2D eigenvalue weighted by atomic mass is 35.5. The Morgan fingerprint density at radius 1 is 1.19 bits per heavy atom. The zero-order valence-electron chi connectivity index (χ0n) is 11.4. The predicted molar refractivity (Wildman–Crippen MR) is 86.5 cm³/mol. The molecule has 21 heavy (non-hydrogen) atoms. The van der Waals surface area contributed by atoms with Crippen molar-refractivity contribution < 1.29 is 9.53 Å². The summed E-state index contributed by atoms with van der Waals surface area (Å²) in [4.78, 5) is 13.4. The normalized spacial score (nSPS) is 12.8. The minimum absolute atomic E-state index is 0.00957. The molecule has 0 spiro atoms. The van der Waals surface area contributed by atoms with Crippen molar-refractivity contribution in [3.05, 3.63) is 58.6 Å². The third kappa shape index (κ3) is 3.14. The average Bonchev–Trinajstić information content (AvgIpc) is 2.61. The van der Waals surface area contributed by atoms with Crippen molar-refractivity contribution in [1.82, 2.24) is 0 Å². The fourth-order valence-corrected chi connectivity index (χ4v) is 3.32. The van der Waals surface area contributed by atoms with E-state index in [1.54, 1.807) is 11.8 Å². The molecule has 0 aliphatic carbocycles. The van der Waals surface area contributed by atoms with Gasteiger partial charge >= 0.3 is 0 Å². The maximum atomic E-state index is 11.2. The van der Waals surface area contributed by atoms with Crippen LogP contribution < -0.4 is 0 Å². The minimum Gasteiger partial charge on any atom is -0.485 e. The molecule has 0 amide bonds. The van der Waals surface area contributed by atoms with Crippen LogP contribution in [-0.4, -0.2) is 12.4 Å². The maximum Gasteiger partial charge on any atom is 0.167 e. The van der Waals surface area contributed by atoms with Gasteiger partial charge in [0.25, 0.3) is 0 Å². The molecule has 106 valence electrons. The Morgan fingerprint density at radius 2 is 2.00 bits per heavy atom. The Labute approximate surface area is 132 Å². The fourth-order valence-electron chi connectivity index (χ4n) is 2.11. The Morgan fingerprint density at radius 3 is 2.81 bits per heavy atom. The smallest absolute Gasteiger partial charge is 0.167 e. The summed E-state index contributed by atoms with van der Waals surface area (Å²) in [6, 6.07) is 13.8. The van der Waals surface area contributed by atoms with Crippen LogP contribution in [0.25, 0.3) is 11.8 Å². The van der Waals surface area contributed by atoms with Gasteiger partial charge < -0.3 is 4.74 Å². The van der Waals surface area contributed by atoms with E-state index in [1.807, 2.05) is 42.5 Å². The summed E-state index contributed by atoms with van der Waals surface area (Å²) < 4.78 is 5.70. The number of carbonyl (C=O) groups is 1. The number of rotatable bonds is 3.